The summed E-state index contributed by atoms with van der Waals surface area (Å²) in [5.74, 6) is 0. The van der Waals surface area contributed by atoms with Gasteiger partial charge in [0.15, 0.2) is 0 Å². The largest absolute Gasteiger partial charge is 0.329 e. The van der Waals surface area contributed by atoms with Crippen LogP contribution in [0.1, 0.15) is 6.42 Å². The Hall–Kier alpha value is -0.170. The van der Waals surface area contributed by atoms with Gasteiger partial charge < -0.3 is 11.1 Å². The highest BCUT2D eigenvalue weighted by Gasteiger charge is 1.99. The Morgan fingerprint density at radius 3 is 2.58 bits per heavy atom. The van der Waals surface area contributed by atoms with E-state index >= 15 is 0 Å². The van der Waals surface area contributed by atoms with Gasteiger partial charge in [-0.2, -0.15) is 8.42 Å². The van der Waals surface area contributed by atoms with E-state index in [2.05, 4.69) is 9.50 Å². The van der Waals surface area contributed by atoms with Crippen molar-refractivity contribution >= 4 is 10.1 Å². The minimum Gasteiger partial charge on any atom is -0.329 e. The van der Waals surface area contributed by atoms with Gasteiger partial charge in [0, 0.05) is 13.1 Å². The number of nitrogens with one attached hydrogen (secondary N) is 1. The molecule has 0 unspecified atom stereocenters. The molecule has 0 spiro atoms. The molecule has 0 aromatic rings. The van der Waals surface area contributed by atoms with Crippen molar-refractivity contribution in [2.45, 2.75) is 6.42 Å². The van der Waals surface area contributed by atoms with Gasteiger partial charge in [-0.15, -0.1) is 0 Å². The summed E-state index contributed by atoms with van der Waals surface area (Å²) in [4.78, 5) is 0. The number of rotatable bonds is 7. The van der Waals surface area contributed by atoms with E-state index in [4.69, 9.17) is 5.73 Å². The quantitative estimate of drug-likeness (QED) is 0.399. The first kappa shape index (κ1) is 11.8. The van der Waals surface area contributed by atoms with E-state index in [1.807, 2.05) is 0 Å². The van der Waals surface area contributed by atoms with Gasteiger partial charge >= 0.3 is 0 Å². The van der Waals surface area contributed by atoms with Gasteiger partial charge in [-0.25, -0.2) is 0 Å². The smallest absolute Gasteiger partial charge is 0.264 e. The lowest BCUT2D eigenvalue weighted by Crippen LogP contribution is -2.24. The van der Waals surface area contributed by atoms with Crippen LogP contribution < -0.4 is 11.1 Å². The van der Waals surface area contributed by atoms with Gasteiger partial charge in [-0.05, 0) is 13.0 Å². The van der Waals surface area contributed by atoms with Crippen molar-refractivity contribution < 1.29 is 12.6 Å². The van der Waals surface area contributed by atoms with Crippen molar-refractivity contribution in [2.75, 3.05) is 32.5 Å². The Bertz CT molecular complexity index is 191. The van der Waals surface area contributed by atoms with Crippen LogP contribution in [0.15, 0.2) is 0 Å². The van der Waals surface area contributed by atoms with Gasteiger partial charge in [0.2, 0.25) is 0 Å². The molecule has 0 amide bonds. The summed E-state index contributed by atoms with van der Waals surface area (Å²) in [5.41, 5.74) is 5.22. The molecule has 0 radical (unpaired) electrons. The fraction of sp³-hybridized carbons (Fsp3) is 1.00. The van der Waals surface area contributed by atoms with Crippen molar-refractivity contribution in [3.8, 4) is 0 Å². The lowest BCUT2D eigenvalue weighted by molar-refractivity contribution is 0.313. The molecule has 0 atom stereocenters. The summed E-state index contributed by atoms with van der Waals surface area (Å²) < 4.78 is 25.4. The minimum atomic E-state index is -3.27. The first-order valence-corrected chi connectivity index (χ1v) is 5.63. The zero-order valence-electron chi connectivity index (χ0n) is 7.25. The monoisotopic (exact) mass is 196 g/mol. The third kappa shape index (κ3) is 9.83. The Morgan fingerprint density at radius 2 is 2.08 bits per heavy atom. The molecule has 5 nitrogen and oxygen atoms in total. The SMILES string of the molecule is CS(=O)(=O)OCCCNCCN. The molecule has 0 saturated heterocycles. The molecule has 74 valence electrons. The highest BCUT2D eigenvalue weighted by Crippen LogP contribution is 1.88. The van der Waals surface area contributed by atoms with Crippen LogP contribution in [0.2, 0.25) is 0 Å². The van der Waals surface area contributed by atoms with Crippen LogP contribution >= 0.6 is 0 Å². The molecular formula is C6H16N2O3S. The predicted octanol–water partition coefficient (Wildman–Crippen LogP) is -1.10. The molecule has 0 aromatic heterocycles. The van der Waals surface area contributed by atoms with Crippen LogP contribution in [0, 0.1) is 0 Å². The van der Waals surface area contributed by atoms with Gasteiger partial charge in [0.25, 0.3) is 10.1 Å². The number of hydrogen-bond acceptors (Lipinski definition) is 5. The minimum absolute atomic E-state index is 0.233. The van der Waals surface area contributed by atoms with Crippen LogP contribution in [0.25, 0.3) is 0 Å². The highest BCUT2D eigenvalue weighted by atomic mass is 32.2. The summed E-state index contributed by atoms with van der Waals surface area (Å²) >= 11 is 0. The van der Waals surface area contributed by atoms with Crippen LogP contribution in [0.5, 0.6) is 0 Å². The third-order valence-corrected chi connectivity index (χ3v) is 1.71. The first-order valence-electron chi connectivity index (χ1n) is 3.81. The maximum absolute atomic E-state index is 10.5. The maximum atomic E-state index is 10.5. The van der Waals surface area contributed by atoms with Crippen LogP contribution in [0.4, 0.5) is 0 Å². The van der Waals surface area contributed by atoms with Crippen LogP contribution in [0.3, 0.4) is 0 Å². The van der Waals surface area contributed by atoms with E-state index in [0.29, 0.717) is 13.0 Å². The predicted molar refractivity (Wildman–Crippen MR) is 47.3 cm³/mol. The molecule has 0 aromatic carbocycles. The molecule has 6 heteroatoms. The molecule has 0 aliphatic rings. The molecule has 0 aliphatic carbocycles. The second-order valence-electron chi connectivity index (χ2n) is 2.42. The zero-order chi connectivity index (χ0) is 9.45. The van der Waals surface area contributed by atoms with Crippen molar-refractivity contribution in [1.82, 2.24) is 5.32 Å². The fourth-order valence-electron chi connectivity index (χ4n) is 0.635. The summed E-state index contributed by atoms with van der Waals surface area (Å²) in [6, 6.07) is 0. The average molecular weight is 196 g/mol. The van der Waals surface area contributed by atoms with Crippen LogP contribution in [-0.2, 0) is 14.3 Å². The topological polar surface area (TPSA) is 81.4 Å². The van der Waals surface area contributed by atoms with Crippen molar-refractivity contribution in [3.63, 3.8) is 0 Å². The van der Waals surface area contributed by atoms with Crippen molar-refractivity contribution in [3.05, 3.63) is 0 Å². The average Bonchev–Trinajstić information content (AvgIpc) is 1.94. The third-order valence-electron chi connectivity index (χ3n) is 1.12. The normalized spacial score (nSPS) is 11.8. The first-order chi connectivity index (χ1) is 5.56. The van der Waals surface area contributed by atoms with Gasteiger partial charge in [0.05, 0.1) is 12.9 Å². The summed E-state index contributed by atoms with van der Waals surface area (Å²) in [5, 5.41) is 3.02. The van der Waals surface area contributed by atoms with E-state index in [9.17, 15) is 8.42 Å². The molecule has 0 bridgehead atoms. The molecule has 0 rings (SSSR count). The Morgan fingerprint density at radius 1 is 1.42 bits per heavy atom. The molecule has 12 heavy (non-hydrogen) atoms. The van der Waals surface area contributed by atoms with Gasteiger partial charge in [-0.1, -0.05) is 0 Å². The lowest BCUT2D eigenvalue weighted by Gasteiger charge is -2.02. The summed E-state index contributed by atoms with van der Waals surface area (Å²) in [6.07, 6.45) is 1.72. The lowest BCUT2D eigenvalue weighted by atomic mass is 10.4. The van der Waals surface area contributed by atoms with Crippen LogP contribution in [-0.4, -0.2) is 40.9 Å². The van der Waals surface area contributed by atoms with Crippen molar-refractivity contribution in [2.24, 2.45) is 5.73 Å². The second-order valence-corrected chi connectivity index (χ2v) is 4.06. The standard InChI is InChI=1S/C6H16N2O3S/c1-12(9,10)11-6-2-4-8-5-3-7/h8H,2-7H2,1H3. The highest BCUT2D eigenvalue weighted by molar-refractivity contribution is 7.85. The molecule has 0 fully saturated rings. The van der Waals surface area contributed by atoms with E-state index in [0.717, 1.165) is 19.3 Å². The number of nitrogens with two attached hydrogens (primary N) is 1. The van der Waals surface area contributed by atoms with Crippen molar-refractivity contribution in [1.29, 1.82) is 0 Å². The van der Waals surface area contributed by atoms with E-state index < -0.39 is 10.1 Å². The molecule has 3 N–H and O–H groups in total. The molecular weight excluding hydrogens is 180 g/mol. The second kappa shape index (κ2) is 6.36. The Labute approximate surface area is 73.4 Å². The van der Waals surface area contributed by atoms with Gasteiger partial charge in [0.1, 0.15) is 0 Å². The fourth-order valence-corrected chi connectivity index (χ4v) is 1.06. The van der Waals surface area contributed by atoms with E-state index in [-0.39, 0.29) is 6.61 Å². The maximum Gasteiger partial charge on any atom is 0.264 e. The molecule has 0 heterocycles. The molecule has 0 aliphatic heterocycles. The van der Waals surface area contributed by atoms with Gasteiger partial charge in [-0.3, -0.25) is 4.18 Å². The number of hydrogen-bond donors (Lipinski definition) is 2. The summed E-state index contributed by atoms with van der Waals surface area (Å²) in [7, 11) is -3.27. The Balaban J connectivity index is 3.12. The zero-order valence-corrected chi connectivity index (χ0v) is 8.06. The van der Waals surface area contributed by atoms with E-state index in [1.54, 1.807) is 0 Å². The summed E-state index contributed by atoms with van der Waals surface area (Å²) in [6.45, 7) is 2.30. The Kier molecular flexibility index (Phi) is 6.27. The molecule has 0 saturated carbocycles. The van der Waals surface area contributed by atoms with E-state index in [1.165, 1.54) is 0 Å².